The van der Waals surface area contributed by atoms with E-state index in [0.717, 1.165) is 23.3 Å². The van der Waals surface area contributed by atoms with E-state index in [0.29, 0.717) is 0 Å². The fourth-order valence-electron chi connectivity index (χ4n) is 4.02. The van der Waals surface area contributed by atoms with Crippen LogP contribution >= 0.6 is 0 Å². The van der Waals surface area contributed by atoms with Gasteiger partial charge in [0, 0.05) is 11.1 Å². The largest absolute Gasteiger partial charge is 0.478 e. The molecule has 1 aromatic heterocycles. The second-order valence-corrected chi connectivity index (χ2v) is 7.94. The van der Waals surface area contributed by atoms with Crippen LogP contribution < -0.4 is 0 Å². The van der Waals surface area contributed by atoms with E-state index in [-0.39, 0.29) is 23.6 Å². The van der Waals surface area contributed by atoms with Crippen molar-refractivity contribution >= 4 is 5.97 Å². The first kappa shape index (κ1) is 22.1. The number of hydrogen-bond acceptors (Lipinski definition) is 6. The first-order chi connectivity index (χ1) is 16.3. The van der Waals surface area contributed by atoms with Gasteiger partial charge in [0.25, 0.3) is 0 Å². The van der Waals surface area contributed by atoms with Gasteiger partial charge in [-0.3, -0.25) is 0 Å². The number of hydrogen-bond donors (Lipinski definition) is 1. The van der Waals surface area contributed by atoms with Gasteiger partial charge >= 0.3 is 5.97 Å². The van der Waals surface area contributed by atoms with E-state index in [4.69, 9.17) is 14.2 Å². The fourth-order valence-corrected chi connectivity index (χ4v) is 4.02. The van der Waals surface area contributed by atoms with E-state index in [1.807, 2.05) is 31.2 Å². The van der Waals surface area contributed by atoms with E-state index in [1.54, 1.807) is 0 Å². The highest BCUT2D eigenvalue weighted by molar-refractivity contribution is 5.84. The Morgan fingerprint density at radius 1 is 1.18 bits per heavy atom. The Hall–Kier alpha value is -3.70. The number of carboxylic acids is 1. The van der Waals surface area contributed by atoms with Gasteiger partial charge in [0.15, 0.2) is 29.8 Å². The molecule has 8 nitrogen and oxygen atoms in total. The summed E-state index contributed by atoms with van der Waals surface area (Å²) in [6, 6.07) is 8.34. The molecule has 0 amide bonds. The van der Waals surface area contributed by atoms with Gasteiger partial charge in [-0.05, 0) is 30.7 Å². The second kappa shape index (κ2) is 8.58. The summed E-state index contributed by atoms with van der Waals surface area (Å²) in [5.41, 5.74) is 1.79. The molecule has 0 radical (unpaired) electrons. The van der Waals surface area contributed by atoms with Crippen molar-refractivity contribution in [1.82, 2.24) is 15.0 Å². The third kappa shape index (κ3) is 3.93. The van der Waals surface area contributed by atoms with E-state index >= 15 is 0 Å². The molecule has 0 saturated carbocycles. The van der Waals surface area contributed by atoms with Crippen LogP contribution in [0.5, 0.6) is 0 Å². The first-order valence-electron chi connectivity index (χ1n) is 10.3. The number of rotatable bonds is 4. The lowest BCUT2D eigenvalue weighted by Gasteiger charge is -2.42. The molecule has 5 rings (SSSR count). The fraction of sp³-hybridized carbons (Fsp3) is 0.261. The molecule has 3 aromatic rings. The highest BCUT2D eigenvalue weighted by Gasteiger charge is 2.44. The molecule has 1 N–H and O–H groups in total. The average Bonchev–Trinajstić information content (AvgIpc) is 3.31. The molecule has 0 bridgehead atoms. The van der Waals surface area contributed by atoms with Crippen LogP contribution in [-0.2, 0) is 19.0 Å². The lowest BCUT2D eigenvalue weighted by Crippen LogP contribution is -2.49. The van der Waals surface area contributed by atoms with Gasteiger partial charge in [-0.25, -0.2) is 22.6 Å². The molecular weight excluding hydrogens is 455 g/mol. The van der Waals surface area contributed by atoms with E-state index in [1.165, 1.54) is 17.0 Å². The average molecular weight is 473 g/mol. The molecule has 3 heterocycles. The van der Waals surface area contributed by atoms with Gasteiger partial charge in [0.05, 0.1) is 12.8 Å². The maximum absolute atomic E-state index is 13.7. The molecule has 34 heavy (non-hydrogen) atoms. The van der Waals surface area contributed by atoms with Crippen LogP contribution in [0.1, 0.15) is 23.5 Å². The van der Waals surface area contributed by atoms with Crippen LogP contribution in [0.25, 0.3) is 11.3 Å². The Bertz CT molecular complexity index is 1270. The third-order valence-corrected chi connectivity index (χ3v) is 5.74. The minimum atomic E-state index is -1.59. The summed E-state index contributed by atoms with van der Waals surface area (Å²) >= 11 is 0. The number of halogens is 3. The zero-order valence-corrected chi connectivity index (χ0v) is 17.7. The van der Waals surface area contributed by atoms with Gasteiger partial charge in [-0.2, -0.15) is 0 Å². The molecule has 4 atom stereocenters. The van der Waals surface area contributed by atoms with Gasteiger partial charge in [-0.15, -0.1) is 5.10 Å². The van der Waals surface area contributed by atoms with Crippen molar-refractivity contribution < 1.29 is 37.3 Å². The molecule has 1 saturated heterocycles. The van der Waals surface area contributed by atoms with Crippen molar-refractivity contribution in [2.75, 3.05) is 6.61 Å². The number of benzene rings is 2. The van der Waals surface area contributed by atoms with Crippen molar-refractivity contribution in [3.63, 3.8) is 0 Å². The minimum Gasteiger partial charge on any atom is -0.478 e. The smallest absolute Gasteiger partial charge is 0.370 e. The summed E-state index contributed by atoms with van der Waals surface area (Å²) in [4.78, 5) is 11.6. The summed E-state index contributed by atoms with van der Waals surface area (Å²) in [6.45, 7) is 1.97. The van der Waals surface area contributed by atoms with Crippen molar-refractivity contribution in [3.05, 3.63) is 83.0 Å². The summed E-state index contributed by atoms with van der Waals surface area (Å²) in [5.74, 6) is -5.92. The van der Waals surface area contributed by atoms with Crippen molar-refractivity contribution in [2.24, 2.45) is 0 Å². The van der Waals surface area contributed by atoms with Gasteiger partial charge in [-0.1, -0.05) is 29.5 Å². The lowest BCUT2D eigenvalue weighted by atomic mass is 9.99. The van der Waals surface area contributed by atoms with Gasteiger partial charge in [0.2, 0.25) is 5.76 Å². The SMILES string of the molecule is Cc1ccccc1C1OC[C@H]2OC(C(=O)O)=C[C@@H](n3cc(-c4cc(F)c(F)c(F)c4)nn3)[C@H]2O1. The molecule has 2 aromatic carbocycles. The topological polar surface area (TPSA) is 95.7 Å². The number of nitrogens with zero attached hydrogens (tertiary/aromatic N) is 3. The third-order valence-electron chi connectivity index (χ3n) is 5.74. The van der Waals surface area contributed by atoms with Crippen LogP contribution in [0.2, 0.25) is 0 Å². The number of aromatic nitrogens is 3. The maximum atomic E-state index is 13.7. The Morgan fingerprint density at radius 3 is 2.62 bits per heavy atom. The van der Waals surface area contributed by atoms with Crippen molar-refractivity contribution in [1.29, 1.82) is 0 Å². The summed E-state index contributed by atoms with van der Waals surface area (Å²) in [7, 11) is 0. The van der Waals surface area contributed by atoms with E-state index in [9.17, 15) is 23.1 Å². The van der Waals surface area contributed by atoms with Crippen LogP contribution in [0.4, 0.5) is 13.2 Å². The molecule has 0 aliphatic carbocycles. The molecule has 0 spiro atoms. The molecule has 11 heteroatoms. The molecular formula is C23H18F3N3O5. The zero-order valence-electron chi connectivity index (χ0n) is 17.7. The van der Waals surface area contributed by atoms with Gasteiger partial charge < -0.3 is 19.3 Å². The monoisotopic (exact) mass is 473 g/mol. The number of aryl methyl sites for hydroxylation is 1. The van der Waals surface area contributed by atoms with Gasteiger partial charge in [0.1, 0.15) is 17.8 Å². The van der Waals surface area contributed by atoms with E-state index < -0.39 is 48.0 Å². The second-order valence-electron chi connectivity index (χ2n) is 7.94. The van der Waals surface area contributed by atoms with Crippen LogP contribution in [0, 0.1) is 24.4 Å². The quantitative estimate of drug-likeness (QED) is 0.578. The summed E-state index contributed by atoms with van der Waals surface area (Å²) < 4.78 is 59.6. The Labute approximate surface area is 191 Å². The van der Waals surface area contributed by atoms with Crippen LogP contribution in [0.3, 0.4) is 0 Å². The summed E-state index contributed by atoms with van der Waals surface area (Å²) in [5, 5.41) is 17.4. The van der Waals surface area contributed by atoms with Crippen molar-refractivity contribution in [3.8, 4) is 11.3 Å². The molecule has 1 fully saturated rings. The number of aliphatic carboxylic acids is 1. The standard InChI is InChI=1S/C23H18F3N3O5/c1-11-4-2-3-5-13(11)23-32-10-19-21(34-23)17(8-18(33-19)22(30)31)29-9-16(27-28-29)12-6-14(24)20(26)15(25)7-12/h2-9,17,19,21,23H,10H2,1H3,(H,30,31)/t17-,19-,21-,23?/m1/s1. The predicted molar refractivity (Wildman–Crippen MR) is 110 cm³/mol. The minimum absolute atomic E-state index is 0.0284. The summed E-state index contributed by atoms with van der Waals surface area (Å²) in [6.07, 6.45) is 0.508. The number of carboxylic acid groups (broad SMARTS) is 1. The lowest BCUT2D eigenvalue weighted by molar-refractivity contribution is -0.271. The normalized spacial score (nSPS) is 24.2. The number of fused-ring (bicyclic) bond motifs is 1. The molecule has 2 aliphatic heterocycles. The Morgan fingerprint density at radius 2 is 1.91 bits per heavy atom. The highest BCUT2D eigenvalue weighted by atomic mass is 19.2. The Kier molecular flexibility index (Phi) is 5.58. The predicted octanol–water partition coefficient (Wildman–Crippen LogP) is 3.69. The van der Waals surface area contributed by atoms with Crippen LogP contribution in [-0.4, -0.2) is 44.9 Å². The number of carbonyl (C=O) groups is 1. The molecule has 2 aliphatic rings. The van der Waals surface area contributed by atoms with E-state index in [2.05, 4.69) is 10.3 Å². The van der Waals surface area contributed by atoms with Crippen molar-refractivity contribution in [2.45, 2.75) is 31.5 Å². The Balaban J connectivity index is 1.50. The maximum Gasteiger partial charge on any atom is 0.370 e. The first-order valence-corrected chi connectivity index (χ1v) is 10.3. The molecule has 176 valence electrons. The van der Waals surface area contributed by atoms with Crippen LogP contribution in [0.15, 0.2) is 54.4 Å². The zero-order chi connectivity index (χ0) is 24.0. The highest BCUT2D eigenvalue weighted by Crippen LogP contribution is 2.38. The molecule has 1 unspecified atom stereocenters. The number of ether oxygens (including phenoxy) is 3.